The highest BCUT2D eigenvalue weighted by molar-refractivity contribution is 6.37. The second-order valence-electron chi connectivity index (χ2n) is 6.95. The molecule has 0 unspecified atom stereocenters. The summed E-state index contributed by atoms with van der Waals surface area (Å²) in [5.74, 6) is -0.616. The fraction of sp³-hybridized carbons (Fsp3) is 0.250. The maximum Gasteiger partial charge on any atom is 0.159 e. The van der Waals surface area contributed by atoms with Gasteiger partial charge in [-0.3, -0.25) is 5.10 Å². The van der Waals surface area contributed by atoms with Crippen LogP contribution in [0.3, 0.4) is 0 Å². The zero-order valence-corrected chi connectivity index (χ0v) is 16.7. The minimum absolute atomic E-state index is 0.00582. The lowest BCUT2D eigenvalue weighted by atomic mass is 9.98. The number of methoxy groups -OCH3 is 1. The molecule has 2 N–H and O–H groups in total. The summed E-state index contributed by atoms with van der Waals surface area (Å²) in [5, 5.41) is 10.7. The highest BCUT2D eigenvalue weighted by Crippen LogP contribution is 2.47. The van der Waals surface area contributed by atoms with Crippen molar-refractivity contribution in [1.29, 1.82) is 0 Å². The Labute approximate surface area is 175 Å². The number of hydrogen-bond acceptors (Lipinski definition) is 6. The number of fused-ring (bicyclic) bond motifs is 2. The number of nitrogens with zero attached hydrogens (tertiary/aromatic N) is 4. The van der Waals surface area contributed by atoms with Gasteiger partial charge in [-0.15, -0.1) is 0 Å². The normalized spacial score (nSPS) is 14.6. The van der Waals surface area contributed by atoms with Gasteiger partial charge >= 0.3 is 0 Å². The van der Waals surface area contributed by atoms with Crippen LogP contribution in [0.2, 0.25) is 5.02 Å². The van der Waals surface area contributed by atoms with Gasteiger partial charge in [0.05, 0.1) is 29.2 Å². The molecule has 7 nitrogen and oxygen atoms in total. The van der Waals surface area contributed by atoms with Crippen LogP contribution < -0.4 is 15.0 Å². The van der Waals surface area contributed by atoms with Crippen molar-refractivity contribution in [2.75, 3.05) is 38.2 Å². The molecule has 1 fully saturated rings. The molecule has 1 aliphatic heterocycles. The Bertz CT molecular complexity index is 1270. The molecule has 154 valence electrons. The summed E-state index contributed by atoms with van der Waals surface area (Å²) in [6, 6.07) is 2.78. The molecule has 10 heteroatoms. The number of aromatic amines is 1. The summed E-state index contributed by atoms with van der Waals surface area (Å²) >= 11 is 6.63. The quantitative estimate of drug-likeness (QED) is 0.517. The number of hydrogen-bond donors (Lipinski definition) is 2. The Kier molecular flexibility index (Phi) is 4.63. The summed E-state index contributed by atoms with van der Waals surface area (Å²) in [6.07, 6.45) is 2.74. The first-order chi connectivity index (χ1) is 14.6. The van der Waals surface area contributed by atoms with Gasteiger partial charge in [-0.25, -0.2) is 18.7 Å². The topological polar surface area (TPSA) is 79.0 Å². The van der Waals surface area contributed by atoms with E-state index in [4.69, 9.17) is 16.3 Å². The number of rotatable bonds is 3. The molecular weight excluding hydrogens is 414 g/mol. The number of H-pyrrole nitrogens is 1. The Morgan fingerprint density at radius 1 is 1.13 bits per heavy atom. The van der Waals surface area contributed by atoms with Crippen molar-refractivity contribution in [2.45, 2.75) is 0 Å². The lowest BCUT2D eigenvalue weighted by Gasteiger charge is -2.29. The first kappa shape index (κ1) is 19.0. The summed E-state index contributed by atoms with van der Waals surface area (Å²) in [5.41, 5.74) is 0.474. The molecule has 1 aliphatic rings. The zero-order chi connectivity index (χ0) is 20.8. The van der Waals surface area contributed by atoms with Gasteiger partial charge in [0.25, 0.3) is 0 Å². The molecule has 0 amide bonds. The van der Waals surface area contributed by atoms with Gasteiger partial charge in [-0.2, -0.15) is 5.10 Å². The maximum absolute atomic E-state index is 15.8. The second kappa shape index (κ2) is 7.33. The van der Waals surface area contributed by atoms with Crippen LogP contribution in [-0.2, 0) is 0 Å². The Morgan fingerprint density at radius 3 is 2.70 bits per heavy atom. The molecule has 30 heavy (non-hydrogen) atoms. The molecular formula is C20H17ClF2N6O. The van der Waals surface area contributed by atoms with Crippen LogP contribution in [-0.4, -0.2) is 53.5 Å². The van der Waals surface area contributed by atoms with E-state index >= 15 is 4.39 Å². The number of piperazine rings is 1. The molecule has 0 atom stereocenters. The van der Waals surface area contributed by atoms with Crippen molar-refractivity contribution < 1.29 is 13.5 Å². The van der Waals surface area contributed by atoms with E-state index in [1.807, 2.05) is 4.90 Å². The number of anilines is 1. The van der Waals surface area contributed by atoms with E-state index in [2.05, 4.69) is 25.5 Å². The average Bonchev–Trinajstić information content (AvgIpc) is 3.25. The van der Waals surface area contributed by atoms with E-state index in [9.17, 15) is 4.39 Å². The van der Waals surface area contributed by atoms with Gasteiger partial charge in [-0.1, -0.05) is 11.6 Å². The minimum atomic E-state index is -0.734. The van der Waals surface area contributed by atoms with Crippen LogP contribution in [0.4, 0.5) is 14.6 Å². The number of halogens is 3. The average molecular weight is 431 g/mol. The molecule has 5 rings (SSSR count). The van der Waals surface area contributed by atoms with Gasteiger partial charge in [0.1, 0.15) is 23.5 Å². The predicted molar refractivity (Wildman–Crippen MR) is 111 cm³/mol. The maximum atomic E-state index is 15.8. The van der Waals surface area contributed by atoms with Gasteiger partial charge in [0.15, 0.2) is 11.6 Å². The first-order valence-corrected chi connectivity index (χ1v) is 9.77. The largest absolute Gasteiger partial charge is 0.494 e. The summed E-state index contributed by atoms with van der Waals surface area (Å²) in [4.78, 5) is 10.6. The van der Waals surface area contributed by atoms with Crippen LogP contribution in [0.5, 0.6) is 5.75 Å². The second-order valence-corrected chi connectivity index (χ2v) is 7.33. The Balaban J connectivity index is 1.86. The van der Waals surface area contributed by atoms with E-state index in [1.54, 1.807) is 0 Å². The van der Waals surface area contributed by atoms with Gasteiger partial charge < -0.3 is 15.0 Å². The van der Waals surface area contributed by atoms with Crippen molar-refractivity contribution in [2.24, 2.45) is 0 Å². The van der Waals surface area contributed by atoms with Crippen LogP contribution in [0.1, 0.15) is 0 Å². The molecule has 3 heterocycles. The number of ether oxygens (including phenoxy) is 1. The number of benzene rings is 2. The van der Waals surface area contributed by atoms with E-state index < -0.39 is 11.6 Å². The fourth-order valence-corrected chi connectivity index (χ4v) is 4.31. The van der Waals surface area contributed by atoms with Gasteiger partial charge in [0.2, 0.25) is 0 Å². The number of nitrogens with one attached hydrogen (secondary N) is 2. The monoisotopic (exact) mass is 430 g/mol. The zero-order valence-electron chi connectivity index (χ0n) is 16.0. The Morgan fingerprint density at radius 2 is 1.93 bits per heavy atom. The SMILES string of the molecule is COc1c(Cl)c(-c2c(F)ccc3[nH]ncc23)c(F)c2ncnc(N3CCNCC3)c12. The summed E-state index contributed by atoms with van der Waals surface area (Å²) in [7, 11) is 1.44. The van der Waals surface area contributed by atoms with E-state index in [-0.39, 0.29) is 27.4 Å². The molecule has 0 radical (unpaired) electrons. The predicted octanol–water partition coefficient (Wildman–Crippen LogP) is 3.52. The Hall–Kier alpha value is -3.04. The third-order valence-corrected chi connectivity index (χ3v) is 5.71. The number of aromatic nitrogens is 4. The van der Waals surface area contributed by atoms with Crippen LogP contribution in [0.25, 0.3) is 32.9 Å². The summed E-state index contributed by atoms with van der Waals surface area (Å²) in [6.45, 7) is 2.93. The van der Waals surface area contributed by atoms with Crippen molar-refractivity contribution in [1.82, 2.24) is 25.5 Å². The lowest BCUT2D eigenvalue weighted by molar-refractivity contribution is 0.419. The molecule has 1 saturated heterocycles. The van der Waals surface area contributed by atoms with E-state index in [1.165, 1.54) is 31.8 Å². The van der Waals surface area contributed by atoms with Crippen molar-refractivity contribution >= 4 is 39.2 Å². The highest BCUT2D eigenvalue weighted by atomic mass is 35.5. The van der Waals surface area contributed by atoms with E-state index in [0.717, 1.165) is 13.1 Å². The lowest BCUT2D eigenvalue weighted by Crippen LogP contribution is -2.44. The van der Waals surface area contributed by atoms with Crippen LogP contribution >= 0.6 is 11.6 Å². The molecule has 4 aromatic rings. The highest BCUT2D eigenvalue weighted by Gasteiger charge is 2.28. The third kappa shape index (κ3) is 2.77. The smallest absolute Gasteiger partial charge is 0.159 e. The van der Waals surface area contributed by atoms with Crippen molar-refractivity contribution in [3.8, 4) is 16.9 Å². The van der Waals surface area contributed by atoms with Gasteiger partial charge in [0, 0.05) is 42.7 Å². The first-order valence-electron chi connectivity index (χ1n) is 9.39. The van der Waals surface area contributed by atoms with Crippen LogP contribution in [0, 0.1) is 11.6 Å². The molecule has 0 saturated carbocycles. The van der Waals surface area contributed by atoms with E-state index in [0.29, 0.717) is 35.2 Å². The third-order valence-electron chi connectivity index (χ3n) is 5.34. The minimum Gasteiger partial charge on any atom is -0.494 e. The fourth-order valence-electron chi connectivity index (χ4n) is 3.96. The van der Waals surface area contributed by atoms with Crippen molar-refractivity contribution in [3.05, 3.63) is 41.3 Å². The molecule has 2 aromatic heterocycles. The standard InChI is InChI=1S/C20H17ClF2N6O/c1-30-19-15-18(25-9-26-20(15)29-6-4-24-5-7-29)17(23)14(16(19)21)13-10-8-27-28-12(10)3-2-11(13)22/h2-3,8-9,24H,4-7H2,1H3,(H,27,28). The van der Waals surface area contributed by atoms with Gasteiger partial charge in [-0.05, 0) is 12.1 Å². The van der Waals surface area contributed by atoms with Crippen LogP contribution in [0.15, 0.2) is 24.7 Å². The molecule has 0 spiro atoms. The molecule has 2 aromatic carbocycles. The summed E-state index contributed by atoms with van der Waals surface area (Å²) < 4.78 is 36.3. The molecule has 0 aliphatic carbocycles. The molecule has 0 bridgehead atoms. The van der Waals surface area contributed by atoms with Crippen molar-refractivity contribution in [3.63, 3.8) is 0 Å².